The molecule has 1 N–H and O–H groups in total. The van der Waals surface area contributed by atoms with Gasteiger partial charge in [-0.05, 0) is 30.5 Å². The molecule has 0 saturated carbocycles. The second-order valence-corrected chi connectivity index (χ2v) is 6.81. The van der Waals surface area contributed by atoms with Gasteiger partial charge in [-0.25, -0.2) is 4.98 Å². The number of hydrogen-bond acceptors (Lipinski definition) is 3. The highest BCUT2D eigenvalue weighted by molar-refractivity contribution is 6.34. The van der Waals surface area contributed by atoms with Crippen LogP contribution in [0.25, 0.3) is 22.2 Å². The Morgan fingerprint density at radius 3 is 2.57 bits per heavy atom. The molecule has 4 nitrogen and oxygen atoms in total. The Morgan fingerprint density at radius 1 is 1.13 bits per heavy atom. The van der Waals surface area contributed by atoms with E-state index in [0.717, 1.165) is 41.1 Å². The van der Waals surface area contributed by atoms with Crippen molar-refractivity contribution in [2.24, 2.45) is 0 Å². The molecule has 1 aliphatic rings. The Hall–Kier alpha value is -2.07. The van der Waals surface area contributed by atoms with Crippen LogP contribution in [0.3, 0.4) is 0 Å². The Morgan fingerprint density at radius 2 is 1.96 bits per heavy atom. The van der Waals surface area contributed by atoms with Gasteiger partial charge >= 0.3 is 0 Å². The molecule has 0 atom stereocenters. The summed E-state index contributed by atoms with van der Waals surface area (Å²) in [6.07, 6.45) is 4.88. The highest BCUT2D eigenvalue weighted by Gasteiger charge is 2.16. The number of hydrogen-bond donors (Lipinski definition) is 1. The van der Waals surface area contributed by atoms with E-state index in [2.05, 4.69) is 45.8 Å². The Kier molecular flexibility index (Phi) is 3.49. The van der Waals surface area contributed by atoms with Gasteiger partial charge in [0, 0.05) is 35.2 Å². The second-order valence-electron chi connectivity index (χ2n) is 6.40. The van der Waals surface area contributed by atoms with Crippen LogP contribution in [-0.4, -0.2) is 28.0 Å². The lowest BCUT2D eigenvalue weighted by atomic mass is 10.1. The third-order valence-electron chi connectivity index (χ3n) is 4.45. The molecule has 1 fully saturated rings. The van der Waals surface area contributed by atoms with Gasteiger partial charge in [-0.15, -0.1) is 0 Å². The van der Waals surface area contributed by atoms with Crippen molar-refractivity contribution in [3.05, 3.63) is 41.3 Å². The number of nitrogens with one attached hydrogen (secondary N) is 1. The van der Waals surface area contributed by atoms with Crippen LogP contribution < -0.4 is 4.90 Å². The van der Waals surface area contributed by atoms with Crippen LogP contribution in [0.4, 0.5) is 5.82 Å². The van der Waals surface area contributed by atoms with E-state index in [1.54, 1.807) is 0 Å². The minimum Gasteiger partial charge on any atom is -0.358 e. The van der Waals surface area contributed by atoms with Crippen molar-refractivity contribution in [3.8, 4) is 11.3 Å². The fourth-order valence-corrected chi connectivity index (χ4v) is 3.12. The van der Waals surface area contributed by atoms with Crippen molar-refractivity contribution < 1.29 is 0 Å². The van der Waals surface area contributed by atoms with Crippen LogP contribution in [0.15, 0.2) is 30.6 Å². The molecule has 23 heavy (non-hydrogen) atoms. The Labute approximate surface area is 140 Å². The van der Waals surface area contributed by atoms with E-state index in [9.17, 15) is 0 Å². The van der Waals surface area contributed by atoms with Gasteiger partial charge in [-0.3, -0.25) is 4.98 Å². The molecule has 1 aliphatic heterocycles. The van der Waals surface area contributed by atoms with E-state index in [4.69, 9.17) is 11.6 Å². The number of benzene rings is 1. The lowest BCUT2D eigenvalue weighted by Crippen LogP contribution is -2.37. The minimum atomic E-state index is 0.459. The number of anilines is 1. The van der Waals surface area contributed by atoms with Crippen LogP contribution in [0.5, 0.6) is 0 Å². The lowest BCUT2D eigenvalue weighted by Gasteiger charge is -2.31. The van der Waals surface area contributed by atoms with Crippen molar-refractivity contribution in [2.75, 3.05) is 18.0 Å². The van der Waals surface area contributed by atoms with Gasteiger partial charge in [-0.2, -0.15) is 0 Å². The largest absolute Gasteiger partial charge is 0.358 e. The summed E-state index contributed by atoms with van der Waals surface area (Å²) in [5.74, 6) is 1.40. The van der Waals surface area contributed by atoms with Gasteiger partial charge in [0.25, 0.3) is 0 Å². The third kappa shape index (κ3) is 2.57. The van der Waals surface area contributed by atoms with Crippen LogP contribution in [0.2, 0.25) is 5.02 Å². The minimum absolute atomic E-state index is 0.459. The molecule has 0 bridgehead atoms. The molecule has 118 valence electrons. The average Bonchev–Trinajstić information content (AvgIpc) is 2.88. The van der Waals surface area contributed by atoms with Crippen molar-refractivity contribution in [1.82, 2.24) is 15.0 Å². The smallest absolute Gasteiger partial charge is 0.147 e. The number of rotatable bonds is 3. The number of H-pyrrole nitrogens is 1. The number of halogens is 1. The molecule has 5 heteroatoms. The van der Waals surface area contributed by atoms with Gasteiger partial charge in [0.15, 0.2) is 0 Å². The number of fused-ring (bicyclic) bond motifs is 1. The quantitative estimate of drug-likeness (QED) is 0.764. The summed E-state index contributed by atoms with van der Waals surface area (Å²) in [4.78, 5) is 14.8. The van der Waals surface area contributed by atoms with E-state index in [-0.39, 0.29) is 0 Å². The SMILES string of the molecule is CC(C)c1cc2cc(Cl)c(-c3cnc(N4CCC4)cn3)cc2[nH]1. The van der Waals surface area contributed by atoms with Gasteiger partial charge in [0.05, 0.1) is 23.1 Å². The van der Waals surface area contributed by atoms with Crippen molar-refractivity contribution >= 4 is 28.3 Å². The van der Waals surface area contributed by atoms with Gasteiger partial charge in [0.2, 0.25) is 0 Å². The number of nitrogens with zero attached hydrogens (tertiary/aromatic N) is 3. The Bertz CT molecular complexity index is 847. The molecule has 1 aromatic carbocycles. The predicted molar refractivity (Wildman–Crippen MR) is 95.3 cm³/mol. The predicted octanol–water partition coefficient (Wildman–Crippen LogP) is 4.61. The zero-order valence-corrected chi connectivity index (χ0v) is 14.1. The maximum Gasteiger partial charge on any atom is 0.147 e. The molecule has 0 amide bonds. The first-order valence-corrected chi connectivity index (χ1v) is 8.39. The zero-order valence-electron chi connectivity index (χ0n) is 13.3. The fraction of sp³-hybridized carbons (Fsp3) is 0.333. The molecule has 3 heterocycles. The number of aromatic amines is 1. The van der Waals surface area contributed by atoms with E-state index in [0.29, 0.717) is 10.9 Å². The fourth-order valence-electron chi connectivity index (χ4n) is 2.85. The van der Waals surface area contributed by atoms with E-state index in [1.807, 2.05) is 18.5 Å². The summed E-state index contributed by atoms with van der Waals surface area (Å²) in [6.45, 7) is 6.49. The molecule has 1 saturated heterocycles. The van der Waals surface area contributed by atoms with Gasteiger partial charge in [-0.1, -0.05) is 25.4 Å². The summed E-state index contributed by atoms with van der Waals surface area (Å²) in [6, 6.07) is 6.23. The second kappa shape index (κ2) is 5.53. The van der Waals surface area contributed by atoms with E-state index in [1.165, 1.54) is 12.1 Å². The van der Waals surface area contributed by atoms with Crippen molar-refractivity contribution in [1.29, 1.82) is 0 Å². The van der Waals surface area contributed by atoms with Crippen LogP contribution in [0.1, 0.15) is 31.9 Å². The summed E-state index contributed by atoms with van der Waals surface area (Å²) < 4.78 is 0. The molecule has 0 aliphatic carbocycles. The highest BCUT2D eigenvalue weighted by atomic mass is 35.5. The monoisotopic (exact) mass is 326 g/mol. The normalized spacial score (nSPS) is 14.5. The molecule has 0 spiro atoms. The third-order valence-corrected chi connectivity index (χ3v) is 4.76. The standard InChI is InChI=1S/C18H19ClN4/c1-11(2)15-7-12-6-14(19)13(8-16(12)22-15)17-9-21-18(10-20-17)23-4-3-5-23/h6-11,22H,3-5H2,1-2H3. The highest BCUT2D eigenvalue weighted by Crippen LogP contribution is 2.32. The molecule has 2 aromatic heterocycles. The van der Waals surface area contributed by atoms with Gasteiger partial charge < -0.3 is 9.88 Å². The molecule has 0 radical (unpaired) electrons. The van der Waals surface area contributed by atoms with Crippen LogP contribution in [-0.2, 0) is 0 Å². The lowest BCUT2D eigenvalue weighted by molar-refractivity contribution is 0.608. The van der Waals surface area contributed by atoms with Crippen molar-refractivity contribution in [3.63, 3.8) is 0 Å². The van der Waals surface area contributed by atoms with Crippen molar-refractivity contribution in [2.45, 2.75) is 26.2 Å². The topological polar surface area (TPSA) is 44.8 Å². The van der Waals surface area contributed by atoms with E-state index < -0.39 is 0 Å². The molecular weight excluding hydrogens is 308 g/mol. The summed E-state index contributed by atoms with van der Waals surface area (Å²) in [5.41, 5.74) is 4.02. The first-order valence-electron chi connectivity index (χ1n) is 8.01. The summed E-state index contributed by atoms with van der Waals surface area (Å²) in [7, 11) is 0. The molecule has 0 unspecified atom stereocenters. The average molecular weight is 327 g/mol. The summed E-state index contributed by atoms with van der Waals surface area (Å²) in [5, 5.41) is 1.84. The Balaban J connectivity index is 1.73. The maximum atomic E-state index is 6.48. The molecular formula is C18H19ClN4. The zero-order chi connectivity index (χ0) is 16.0. The summed E-state index contributed by atoms with van der Waals surface area (Å²) >= 11 is 6.48. The molecule has 4 rings (SSSR count). The first kappa shape index (κ1) is 14.5. The first-order chi connectivity index (χ1) is 11.1. The maximum absolute atomic E-state index is 6.48. The van der Waals surface area contributed by atoms with E-state index >= 15 is 0 Å². The molecule has 3 aromatic rings. The van der Waals surface area contributed by atoms with Crippen LogP contribution >= 0.6 is 11.6 Å². The number of aromatic nitrogens is 3. The van der Waals surface area contributed by atoms with Gasteiger partial charge in [0.1, 0.15) is 5.82 Å². The van der Waals surface area contributed by atoms with Crippen LogP contribution in [0, 0.1) is 0 Å².